The zero-order valence-corrected chi connectivity index (χ0v) is 12.8. The van der Waals surface area contributed by atoms with E-state index in [-0.39, 0.29) is 0 Å². The smallest absolute Gasteiger partial charge is 0.0426 e. The summed E-state index contributed by atoms with van der Waals surface area (Å²) in [7, 11) is 2.21. The van der Waals surface area contributed by atoms with Crippen LogP contribution >= 0.6 is 11.6 Å². The SMILES string of the molecule is CCCNCc1ccc(Cl)cc1N(C)C1CCCC1. The van der Waals surface area contributed by atoms with E-state index in [9.17, 15) is 0 Å². The topological polar surface area (TPSA) is 15.3 Å². The predicted molar refractivity (Wildman–Crippen MR) is 84.1 cm³/mol. The molecule has 106 valence electrons. The number of halogens is 1. The largest absolute Gasteiger partial charge is 0.371 e. The van der Waals surface area contributed by atoms with Crippen LogP contribution in [0.25, 0.3) is 0 Å². The first-order chi connectivity index (χ1) is 9.22. The average molecular weight is 281 g/mol. The molecule has 0 radical (unpaired) electrons. The highest BCUT2D eigenvalue weighted by molar-refractivity contribution is 6.30. The van der Waals surface area contributed by atoms with Gasteiger partial charge in [-0.2, -0.15) is 0 Å². The van der Waals surface area contributed by atoms with Gasteiger partial charge < -0.3 is 10.2 Å². The van der Waals surface area contributed by atoms with Crippen molar-refractivity contribution in [2.24, 2.45) is 0 Å². The summed E-state index contributed by atoms with van der Waals surface area (Å²) in [6, 6.07) is 6.95. The van der Waals surface area contributed by atoms with Gasteiger partial charge in [-0.25, -0.2) is 0 Å². The fourth-order valence-electron chi connectivity index (χ4n) is 2.90. The molecule has 1 fully saturated rings. The standard InChI is InChI=1S/C16H25ClN2/c1-3-10-18-12-13-8-9-14(17)11-16(13)19(2)15-6-4-5-7-15/h8-9,11,15,18H,3-7,10,12H2,1-2H3. The molecule has 2 rings (SSSR count). The van der Waals surface area contributed by atoms with Gasteiger partial charge in [-0.05, 0) is 43.5 Å². The van der Waals surface area contributed by atoms with E-state index >= 15 is 0 Å². The van der Waals surface area contributed by atoms with Crippen molar-refractivity contribution in [1.29, 1.82) is 0 Å². The van der Waals surface area contributed by atoms with E-state index < -0.39 is 0 Å². The maximum Gasteiger partial charge on any atom is 0.0426 e. The summed E-state index contributed by atoms with van der Waals surface area (Å²) in [4.78, 5) is 2.43. The normalized spacial score (nSPS) is 15.9. The number of benzene rings is 1. The molecule has 1 aliphatic carbocycles. The average Bonchev–Trinajstić information content (AvgIpc) is 2.94. The molecule has 0 bridgehead atoms. The lowest BCUT2D eigenvalue weighted by molar-refractivity contribution is 0.640. The fourth-order valence-corrected chi connectivity index (χ4v) is 3.07. The van der Waals surface area contributed by atoms with Crippen LogP contribution in [-0.4, -0.2) is 19.6 Å². The van der Waals surface area contributed by atoms with Crippen LogP contribution in [0.3, 0.4) is 0 Å². The van der Waals surface area contributed by atoms with Gasteiger partial charge in [-0.3, -0.25) is 0 Å². The Morgan fingerprint density at radius 2 is 2.05 bits per heavy atom. The predicted octanol–water partition coefficient (Wildman–Crippen LogP) is 4.22. The van der Waals surface area contributed by atoms with Crippen molar-refractivity contribution in [2.75, 3.05) is 18.5 Å². The van der Waals surface area contributed by atoms with Gasteiger partial charge in [0.05, 0.1) is 0 Å². The van der Waals surface area contributed by atoms with E-state index in [1.807, 2.05) is 6.07 Å². The summed E-state index contributed by atoms with van der Waals surface area (Å²) < 4.78 is 0. The molecular weight excluding hydrogens is 256 g/mol. The van der Waals surface area contributed by atoms with Crippen LogP contribution in [0.15, 0.2) is 18.2 Å². The maximum atomic E-state index is 6.18. The Kier molecular flexibility index (Phi) is 5.53. The zero-order valence-electron chi connectivity index (χ0n) is 12.1. The summed E-state index contributed by atoms with van der Waals surface area (Å²) >= 11 is 6.18. The van der Waals surface area contributed by atoms with Gasteiger partial charge in [-0.1, -0.05) is 37.4 Å². The quantitative estimate of drug-likeness (QED) is 0.785. The second-order valence-electron chi connectivity index (χ2n) is 5.50. The molecule has 0 atom stereocenters. The lowest BCUT2D eigenvalue weighted by atomic mass is 10.1. The summed E-state index contributed by atoms with van der Waals surface area (Å²) in [5.41, 5.74) is 2.65. The maximum absolute atomic E-state index is 6.18. The van der Waals surface area contributed by atoms with Crippen LogP contribution in [0.5, 0.6) is 0 Å². The van der Waals surface area contributed by atoms with Crippen molar-refractivity contribution in [3.8, 4) is 0 Å². The Labute approximate surface area is 122 Å². The molecular formula is C16H25ClN2. The Morgan fingerprint density at radius 1 is 1.32 bits per heavy atom. The second kappa shape index (κ2) is 7.16. The molecule has 19 heavy (non-hydrogen) atoms. The van der Waals surface area contributed by atoms with Crippen molar-refractivity contribution in [3.63, 3.8) is 0 Å². The van der Waals surface area contributed by atoms with Crippen molar-refractivity contribution in [2.45, 2.75) is 51.6 Å². The summed E-state index contributed by atoms with van der Waals surface area (Å²) in [6.07, 6.45) is 6.51. The van der Waals surface area contributed by atoms with Crippen LogP contribution in [0.1, 0.15) is 44.6 Å². The Morgan fingerprint density at radius 3 is 2.74 bits per heavy atom. The van der Waals surface area contributed by atoms with E-state index in [0.29, 0.717) is 6.04 Å². The van der Waals surface area contributed by atoms with Crippen molar-refractivity contribution >= 4 is 17.3 Å². The fraction of sp³-hybridized carbons (Fsp3) is 0.625. The second-order valence-corrected chi connectivity index (χ2v) is 5.94. The molecule has 0 heterocycles. The van der Waals surface area contributed by atoms with E-state index in [0.717, 1.165) is 18.1 Å². The number of nitrogens with one attached hydrogen (secondary N) is 1. The molecule has 3 heteroatoms. The molecule has 0 unspecified atom stereocenters. The highest BCUT2D eigenvalue weighted by Gasteiger charge is 2.21. The van der Waals surface area contributed by atoms with Gasteiger partial charge in [0.2, 0.25) is 0 Å². The Balaban J connectivity index is 2.13. The first kappa shape index (κ1) is 14.7. The van der Waals surface area contributed by atoms with E-state index in [1.54, 1.807) is 0 Å². The van der Waals surface area contributed by atoms with Crippen LogP contribution in [0.4, 0.5) is 5.69 Å². The molecule has 0 spiro atoms. The zero-order chi connectivity index (χ0) is 13.7. The molecule has 0 aliphatic heterocycles. The molecule has 1 saturated carbocycles. The lowest BCUT2D eigenvalue weighted by Gasteiger charge is -2.29. The number of rotatable bonds is 6. The van der Waals surface area contributed by atoms with Gasteiger partial charge in [0, 0.05) is 30.3 Å². The van der Waals surface area contributed by atoms with Crippen molar-refractivity contribution in [1.82, 2.24) is 5.32 Å². The van der Waals surface area contributed by atoms with Gasteiger partial charge in [-0.15, -0.1) is 0 Å². The van der Waals surface area contributed by atoms with Gasteiger partial charge in [0.1, 0.15) is 0 Å². The Bertz CT molecular complexity index is 400. The molecule has 0 aromatic heterocycles. The van der Waals surface area contributed by atoms with Crippen LogP contribution in [0, 0.1) is 0 Å². The molecule has 1 N–H and O–H groups in total. The third-order valence-corrected chi connectivity index (χ3v) is 4.28. The highest BCUT2D eigenvalue weighted by atomic mass is 35.5. The molecule has 1 aromatic rings. The molecule has 1 aliphatic rings. The van der Waals surface area contributed by atoms with Crippen molar-refractivity contribution in [3.05, 3.63) is 28.8 Å². The highest BCUT2D eigenvalue weighted by Crippen LogP contribution is 2.31. The minimum atomic E-state index is 0.684. The third kappa shape index (κ3) is 3.87. The number of anilines is 1. The Hall–Kier alpha value is -0.730. The minimum absolute atomic E-state index is 0.684. The van der Waals surface area contributed by atoms with E-state index in [4.69, 9.17) is 11.6 Å². The molecule has 0 saturated heterocycles. The van der Waals surface area contributed by atoms with Crippen molar-refractivity contribution < 1.29 is 0 Å². The monoisotopic (exact) mass is 280 g/mol. The molecule has 2 nitrogen and oxygen atoms in total. The van der Waals surface area contributed by atoms with Crippen LogP contribution in [-0.2, 0) is 6.54 Å². The molecule has 0 amide bonds. The van der Waals surface area contributed by atoms with E-state index in [1.165, 1.54) is 43.4 Å². The lowest BCUT2D eigenvalue weighted by Crippen LogP contribution is -2.30. The number of hydrogen-bond donors (Lipinski definition) is 1. The molecule has 1 aromatic carbocycles. The number of hydrogen-bond acceptors (Lipinski definition) is 2. The first-order valence-electron chi connectivity index (χ1n) is 7.44. The summed E-state index contributed by atoms with van der Waals surface area (Å²) in [5, 5.41) is 4.32. The summed E-state index contributed by atoms with van der Waals surface area (Å²) in [6.45, 7) is 4.19. The summed E-state index contributed by atoms with van der Waals surface area (Å²) in [5.74, 6) is 0. The number of nitrogens with zero attached hydrogens (tertiary/aromatic N) is 1. The third-order valence-electron chi connectivity index (χ3n) is 4.04. The van der Waals surface area contributed by atoms with Crippen LogP contribution in [0.2, 0.25) is 5.02 Å². The van der Waals surface area contributed by atoms with Gasteiger partial charge in [0.15, 0.2) is 0 Å². The van der Waals surface area contributed by atoms with E-state index in [2.05, 4.69) is 36.3 Å². The van der Waals surface area contributed by atoms with Gasteiger partial charge >= 0.3 is 0 Å². The van der Waals surface area contributed by atoms with Gasteiger partial charge in [0.25, 0.3) is 0 Å². The minimum Gasteiger partial charge on any atom is -0.371 e. The van der Waals surface area contributed by atoms with Crippen LogP contribution < -0.4 is 10.2 Å². The first-order valence-corrected chi connectivity index (χ1v) is 7.82.